The first kappa shape index (κ1) is 14.1. The standard InChI is InChI=1S/C18H21NO2/c20-15(13-21-16-9-5-2-6-10-16)12-19-18-11-17(18)14-7-3-1-4-8-14/h1-10,15,17-20H,11-13H2. The lowest BCUT2D eigenvalue weighted by Crippen LogP contribution is -2.33. The highest BCUT2D eigenvalue weighted by molar-refractivity contribution is 5.27. The highest BCUT2D eigenvalue weighted by atomic mass is 16.5. The molecule has 110 valence electrons. The molecule has 1 aliphatic rings. The normalized spacial score (nSPS) is 21.8. The van der Waals surface area contributed by atoms with E-state index >= 15 is 0 Å². The fourth-order valence-corrected chi connectivity index (χ4v) is 2.54. The number of aliphatic hydroxyl groups excluding tert-OH is 1. The number of hydrogen-bond acceptors (Lipinski definition) is 3. The molecular weight excluding hydrogens is 262 g/mol. The van der Waals surface area contributed by atoms with Gasteiger partial charge in [0.1, 0.15) is 18.5 Å². The minimum absolute atomic E-state index is 0.319. The Labute approximate surface area is 125 Å². The van der Waals surface area contributed by atoms with Gasteiger partial charge >= 0.3 is 0 Å². The molecule has 2 aromatic carbocycles. The van der Waals surface area contributed by atoms with Crippen LogP contribution in [0.5, 0.6) is 5.75 Å². The van der Waals surface area contributed by atoms with Crippen molar-refractivity contribution in [3.8, 4) is 5.75 Å². The van der Waals surface area contributed by atoms with Crippen LogP contribution in [0, 0.1) is 0 Å². The van der Waals surface area contributed by atoms with Crippen molar-refractivity contribution in [2.45, 2.75) is 24.5 Å². The molecule has 2 aromatic rings. The average molecular weight is 283 g/mol. The van der Waals surface area contributed by atoms with Crippen molar-refractivity contribution < 1.29 is 9.84 Å². The summed E-state index contributed by atoms with van der Waals surface area (Å²) in [5.74, 6) is 1.39. The van der Waals surface area contributed by atoms with Crippen LogP contribution in [0.25, 0.3) is 0 Å². The van der Waals surface area contributed by atoms with Crippen molar-refractivity contribution >= 4 is 0 Å². The van der Waals surface area contributed by atoms with Gasteiger partial charge in [-0.15, -0.1) is 0 Å². The number of aliphatic hydroxyl groups is 1. The average Bonchev–Trinajstić information content (AvgIpc) is 3.32. The van der Waals surface area contributed by atoms with Crippen LogP contribution in [0.4, 0.5) is 0 Å². The second-order valence-electron chi connectivity index (χ2n) is 5.55. The van der Waals surface area contributed by atoms with Gasteiger partial charge < -0.3 is 15.2 Å². The Morgan fingerprint density at radius 3 is 2.43 bits per heavy atom. The summed E-state index contributed by atoms with van der Waals surface area (Å²) in [6, 6.07) is 20.6. The quantitative estimate of drug-likeness (QED) is 0.820. The molecule has 1 saturated carbocycles. The number of rotatable bonds is 7. The Kier molecular flexibility index (Phi) is 4.53. The molecule has 0 amide bonds. The van der Waals surface area contributed by atoms with E-state index in [1.54, 1.807) is 0 Å². The molecule has 0 heterocycles. The lowest BCUT2D eigenvalue weighted by Gasteiger charge is -2.13. The van der Waals surface area contributed by atoms with E-state index in [1.165, 1.54) is 5.56 Å². The maximum Gasteiger partial charge on any atom is 0.119 e. The van der Waals surface area contributed by atoms with Gasteiger partial charge in [0.2, 0.25) is 0 Å². The second kappa shape index (κ2) is 6.74. The maximum absolute atomic E-state index is 9.96. The molecule has 0 aromatic heterocycles. The van der Waals surface area contributed by atoms with Gasteiger partial charge in [0.15, 0.2) is 0 Å². The van der Waals surface area contributed by atoms with E-state index in [4.69, 9.17) is 4.74 Å². The molecule has 2 N–H and O–H groups in total. The summed E-state index contributed by atoms with van der Waals surface area (Å²) < 4.78 is 5.54. The molecule has 3 heteroatoms. The van der Waals surface area contributed by atoms with Crippen LogP contribution in [0.15, 0.2) is 60.7 Å². The topological polar surface area (TPSA) is 41.5 Å². The smallest absolute Gasteiger partial charge is 0.119 e. The number of para-hydroxylation sites is 1. The zero-order valence-electron chi connectivity index (χ0n) is 12.0. The Morgan fingerprint density at radius 2 is 1.71 bits per heavy atom. The van der Waals surface area contributed by atoms with E-state index in [1.807, 2.05) is 36.4 Å². The van der Waals surface area contributed by atoms with Crippen LogP contribution in [0.2, 0.25) is 0 Å². The van der Waals surface area contributed by atoms with E-state index in [-0.39, 0.29) is 0 Å². The van der Waals surface area contributed by atoms with Gasteiger partial charge in [-0.05, 0) is 24.1 Å². The van der Waals surface area contributed by atoms with Crippen LogP contribution in [-0.4, -0.2) is 30.4 Å². The molecule has 21 heavy (non-hydrogen) atoms. The summed E-state index contributed by atoms with van der Waals surface area (Å²) in [7, 11) is 0. The van der Waals surface area contributed by atoms with Gasteiger partial charge in [-0.25, -0.2) is 0 Å². The molecule has 0 radical (unpaired) electrons. The lowest BCUT2D eigenvalue weighted by molar-refractivity contribution is 0.106. The number of benzene rings is 2. The van der Waals surface area contributed by atoms with Crippen molar-refractivity contribution in [3.05, 3.63) is 66.2 Å². The minimum Gasteiger partial charge on any atom is -0.491 e. The molecule has 0 aliphatic heterocycles. The molecule has 1 fully saturated rings. The van der Waals surface area contributed by atoms with Gasteiger partial charge in [0.25, 0.3) is 0 Å². The molecule has 0 spiro atoms. The molecule has 3 unspecified atom stereocenters. The number of hydrogen-bond donors (Lipinski definition) is 2. The third-order valence-electron chi connectivity index (χ3n) is 3.82. The maximum atomic E-state index is 9.96. The van der Waals surface area contributed by atoms with Crippen molar-refractivity contribution in [1.82, 2.24) is 5.32 Å². The molecule has 3 nitrogen and oxygen atoms in total. The van der Waals surface area contributed by atoms with Gasteiger partial charge in [-0.1, -0.05) is 48.5 Å². The summed E-state index contributed by atoms with van der Waals surface area (Å²) in [5, 5.41) is 13.4. The molecule has 0 bridgehead atoms. The molecule has 1 aliphatic carbocycles. The zero-order valence-corrected chi connectivity index (χ0v) is 12.0. The fourth-order valence-electron chi connectivity index (χ4n) is 2.54. The number of ether oxygens (including phenoxy) is 1. The van der Waals surface area contributed by atoms with Crippen LogP contribution in [0.3, 0.4) is 0 Å². The van der Waals surface area contributed by atoms with E-state index in [0.717, 1.165) is 12.2 Å². The Morgan fingerprint density at radius 1 is 1.05 bits per heavy atom. The summed E-state index contributed by atoms with van der Waals surface area (Å²) in [6.07, 6.45) is 0.665. The first-order valence-electron chi connectivity index (χ1n) is 7.47. The van der Waals surface area contributed by atoms with E-state index in [2.05, 4.69) is 29.6 Å². The predicted octanol–water partition coefficient (Wildman–Crippen LogP) is 2.57. The lowest BCUT2D eigenvalue weighted by atomic mass is 10.1. The predicted molar refractivity (Wildman–Crippen MR) is 83.5 cm³/mol. The van der Waals surface area contributed by atoms with E-state index in [0.29, 0.717) is 25.1 Å². The first-order valence-corrected chi connectivity index (χ1v) is 7.47. The Balaban J connectivity index is 1.36. The third-order valence-corrected chi connectivity index (χ3v) is 3.82. The summed E-state index contributed by atoms with van der Waals surface area (Å²) in [6.45, 7) is 0.889. The van der Waals surface area contributed by atoms with Crippen LogP contribution in [-0.2, 0) is 0 Å². The largest absolute Gasteiger partial charge is 0.491 e. The number of nitrogens with one attached hydrogen (secondary N) is 1. The second-order valence-corrected chi connectivity index (χ2v) is 5.55. The highest BCUT2D eigenvalue weighted by Gasteiger charge is 2.37. The molecule has 3 atom stereocenters. The van der Waals surface area contributed by atoms with Gasteiger partial charge in [0, 0.05) is 18.5 Å². The van der Waals surface area contributed by atoms with Crippen molar-refractivity contribution in [3.63, 3.8) is 0 Å². The van der Waals surface area contributed by atoms with Gasteiger partial charge in [0.05, 0.1) is 0 Å². The summed E-state index contributed by atoms with van der Waals surface area (Å²) in [5.41, 5.74) is 1.38. The summed E-state index contributed by atoms with van der Waals surface area (Å²) >= 11 is 0. The van der Waals surface area contributed by atoms with Crippen molar-refractivity contribution in [1.29, 1.82) is 0 Å². The minimum atomic E-state index is -0.484. The van der Waals surface area contributed by atoms with Gasteiger partial charge in [-0.2, -0.15) is 0 Å². The third kappa shape index (κ3) is 4.06. The molecule has 3 rings (SSSR count). The zero-order chi connectivity index (χ0) is 14.5. The molecular formula is C18H21NO2. The van der Waals surface area contributed by atoms with Crippen LogP contribution in [0.1, 0.15) is 17.9 Å². The van der Waals surface area contributed by atoms with E-state index < -0.39 is 6.10 Å². The van der Waals surface area contributed by atoms with Crippen LogP contribution >= 0.6 is 0 Å². The SMILES string of the molecule is OC(CNC1CC1c1ccccc1)COc1ccccc1. The highest BCUT2D eigenvalue weighted by Crippen LogP contribution is 2.40. The Bertz CT molecular complexity index is 544. The monoisotopic (exact) mass is 283 g/mol. The summed E-state index contributed by atoms with van der Waals surface area (Å²) in [4.78, 5) is 0. The van der Waals surface area contributed by atoms with Crippen LogP contribution < -0.4 is 10.1 Å². The van der Waals surface area contributed by atoms with Crippen molar-refractivity contribution in [2.24, 2.45) is 0 Å². The Hall–Kier alpha value is -1.84. The van der Waals surface area contributed by atoms with Crippen molar-refractivity contribution in [2.75, 3.05) is 13.2 Å². The van der Waals surface area contributed by atoms with Gasteiger partial charge in [-0.3, -0.25) is 0 Å². The fraction of sp³-hybridized carbons (Fsp3) is 0.333. The molecule has 0 saturated heterocycles. The first-order chi connectivity index (χ1) is 10.3. The van der Waals surface area contributed by atoms with E-state index in [9.17, 15) is 5.11 Å².